The molecule has 114 valence electrons. The van der Waals surface area contributed by atoms with Gasteiger partial charge in [-0.25, -0.2) is 4.98 Å². The Bertz CT molecular complexity index is 637. The van der Waals surface area contributed by atoms with Gasteiger partial charge in [-0.15, -0.1) is 11.3 Å². The second kappa shape index (κ2) is 6.58. The molecule has 0 fully saturated rings. The van der Waals surface area contributed by atoms with Crippen LogP contribution in [-0.4, -0.2) is 32.6 Å². The van der Waals surface area contributed by atoms with E-state index in [0.29, 0.717) is 18.0 Å². The largest absolute Gasteiger partial charge is 0.337 e. The van der Waals surface area contributed by atoms with E-state index in [4.69, 9.17) is 11.6 Å². The number of rotatable bonds is 5. The van der Waals surface area contributed by atoms with E-state index in [0.717, 1.165) is 10.7 Å². The average Bonchev–Trinajstić information content (AvgIpc) is 3.00. The van der Waals surface area contributed by atoms with E-state index in [1.807, 2.05) is 27.8 Å². The van der Waals surface area contributed by atoms with Gasteiger partial charge in [0, 0.05) is 31.1 Å². The van der Waals surface area contributed by atoms with E-state index in [2.05, 4.69) is 10.1 Å². The molecule has 0 aliphatic carbocycles. The molecule has 1 atom stereocenters. The highest BCUT2D eigenvalue weighted by Crippen LogP contribution is 2.26. The lowest BCUT2D eigenvalue weighted by molar-refractivity contribution is -0.132. The van der Waals surface area contributed by atoms with Gasteiger partial charge in [-0.1, -0.05) is 11.6 Å². The maximum Gasteiger partial charge on any atom is 0.224 e. The Labute approximate surface area is 133 Å². The zero-order chi connectivity index (χ0) is 15.6. The summed E-state index contributed by atoms with van der Waals surface area (Å²) >= 11 is 7.46. The van der Waals surface area contributed by atoms with Crippen molar-refractivity contribution >= 4 is 28.8 Å². The van der Waals surface area contributed by atoms with Crippen LogP contribution in [0.25, 0.3) is 0 Å². The quantitative estimate of drug-likeness (QED) is 0.847. The van der Waals surface area contributed by atoms with Crippen LogP contribution < -0.4 is 0 Å². The van der Waals surface area contributed by atoms with Crippen LogP contribution in [0.3, 0.4) is 0 Å². The number of amides is 1. The lowest BCUT2D eigenvalue weighted by Gasteiger charge is -2.24. The molecule has 0 spiro atoms. The summed E-state index contributed by atoms with van der Waals surface area (Å²) < 4.78 is 1.68. The first-order valence-electron chi connectivity index (χ1n) is 6.76. The molecule has 0 aromatic carbocycles. The number of thiazole rings is 1. The fourth-order valence-corrected chi connectivity index (χ4v) is 3.24. The smallest absolute Gasteiger partial charge is 0.224 e. The fourth-order valence-electron chi connectivity index (χ4n) is 2.18. The normalized spacial score (nSPS) is 12.4. The van der Waals surface area contributed by atoms with Crippen LogP contribution in [0, 0.1) is 13.8 Å². The number of carbonyl (C=O) groups is 1. The van der Waals surface area contributed by atoms with Crippen molar-refractivity contribution in [3.8, 4) is 0 Å². The number of hydrogen-bond acceptors (Lipinski definition) is 4. The molecular formula is C14H19ClN4OS. The zero-order valence-electron chi connectivity index (χ0n) is 12.6. The van der Waals surface area contributed by atoms with Gasteiger partial charge in [-0.2, -0.15) is 5.10 Å². The molecule has 7 heteroatoms. The summed E-state index contributed by atoms with van der Waals surface area (Å²) in [5.74, 6) is 0.0687. The summed E-state index contributed by atoms with van der Waals surface area (Å²) in [4.78, 5) is 19.7. The highest BCUT2D eigenvalue weighted by molar-refractivity contribution is 7.11. The molecule has 2 aromatic heterocycles. The van der Waals surface area contributed by atoms with Crippen LogP contribution in [0.4, 0.5) is 0 Å². The third-order valence-corrected chi connectivity index (χ3v) is 4.56. The van der Waals surface area contributed by atoms with Crippen molar-refractivity contribution in [3.05, 3.63) is 33.0 Å². The first-order chi connectivity index (χ1) is 9.88. The van der Waals surface area contributed by atoms with Crippen molar-refractivity contribution in [2.75, 3.05) is 7.05 Å². The van der Waals surface area contributed by atoms with Crippen molar-refractivity contribution in [2.24, 2.45) is 0 Å². The maximum atomic E-state index is 12.3. The van der Waals surface area contributed by atoms with Crippen molar-refractivity contribution in [2.45, 2.75) is 39.8 Å². The first kappa shape index (κ1) is 16.0. The van der Waals surface area contributed by atoms with Crippen LogP contribution in [0.5, 0.6) is 0 Å². The Morgan fingerprint density at radius 1 is 1.52 bits per heavy atom. The third kappa shape index (κ3) is 3.83. The van der Waals surface area contributed by atoms with Gasteiger partial charge in [-0.3, -0.25) is 9.48 Å². The van der Waals surface area contributed by atoms with E-state index in [-0.39, 0.29) is 11.9 Å². The van der Waals surface area contributed by atoms with E-state index >= 15 is 0 Å². The van der Waals surface area contributed by atoms with Crippen molar-refractivity contribution in [1.82, 2.24) is 19.7 Å². The van der Waals surface area contributed by atoms with Crippen LogP contribution in [0.2, 0.25) is 5.02 Å². The lowest BCUT2D eigenvalue weighted by Crippen LogP contribution is -2.30. The van der Waals surface area contributed by atoms with Gasteiger partial charge in [0.15, 0.2) is 0 Å². The molecule has 2 heterocycles. The van der Waals surface area contributed by atoms with Crippen molar-refractivity contribution < 1.29 is 4.79 Å². The average molecular weight is 327 g/mol. The van der Waals surface area contributed by atoms with Gasteiger partial charge in [0.05, 0.1) is 28.0 Å². The van der Waals surface area contributed by atoms with Crippen molar-refractivity contribution in [3.63, 3.8) is 0 Å². The van der Waals surface area contributed by atoms with Gasteiger partial charge < -0.3 is 4.90 Å². The minimum Gasteiger partial charge on any atom is -0.337 e. The molecule has 2 rings (SSSR count). The minimum atomic E-state index is -0.0244. The van der Waals surface area contributed by atoms with Crippen LogP contribution in [0.15, 0.2) is 12.4 Å². The first-order valence-corrected chi connectivity index (χ1v) is 7.95. The van der Waals surface area contributed by atoms with Crippen LogP contribution >= 0.6 is 22.9 Å². The second-order valence-corrected chi connectivity index (χ2v) is 6.87. The van der Waals surface area contributed by atoms with Crippen LogP contribution in [0.1, 0.15) is 35.0 Å². The zero-order valence-corrected chi connectivity index (χ0v) is 14.2. The number of hydrogen-bond donors (Lipinski definition) is 0. The summed E-state index contributed by atoms with van der Waals surface area (Å²) in [7, 11) is 1.82. The van der Waals surface area contributed by atoms with E-state index in [9.17, 15) is 4.79 Å². The van der Waals surface area contributed by atoms with Gasteiger partial charge in [0.1, 0.15) is 0 Å². The Morgan fingerprint density at radius 3 is 2.76 bits per heavy atom. The highest BCUT2D eigenvalue weighted by atomic mass is 35.5. The van der Waals surface area contributed by atoms with Crippen molar-refractivity contribution in [1.29, 1.82) is 0 Å². The second-order valence-electron chi connectivity index (χ2n) is 5.03. The highest BCUT2D eigenvalue weighted by Gasteiger charge is 2.21. The summed E-state index contributed by atoms with van der Waals surface area (Å²) in [5, 5.41) is 5.68. The number of nitrogens with zero attached hydrogens (tertiary/aromatic N) is 4. The Balaban J connectivity index is 1.96. The summed E-state index contributed by atoms with van der Waals surface area (Å²) in [6.07, 6.45) is 3.67. The molecule has 0 saturated carbocycles. The van der Waals surface area contributed by atoms with Gasteiger partial charge in [0.25, 0.3) is 0 Å². The predicted molar refractivity (Wildman–Crippen MR) is 84.6 cm³/mol. The third-order valence-electron chi connectivity index (χ3n) is 3.47. The molecule has 0 N–H and O–H groups in total. The van der Waals surface area contributed by atoms with Gasteiger partial charge in [0.2, 0.25) is 5.91 Å². The SMILES string of the molecule is Cc1nc([C@@H](C)N(C)C(=O)CCn2cc(Cl)cn2)c(C)s1. The predicted octanol–water partition coefficient (Wildman–Crippen LogP) is 3.22. The standard InChI is InChI=1S/C14H19ClN4OS/c1-9(14-10(2)21-11(3)17-14)18(4)13(20)5-6-19-8-12(15)7-16-19/h7-9H,5-6H2,1-4H3/t9-/m1/s1. The van der Waals surface area contributed by atoms with E-state index < -0.39 is 0 Å². The van der Waals surface area contributed by atoms with E-state index in [1.54, 1.807) is 33.3 Å². The number of carbonyl (C=O) groups excluding carboxylic acids is 1. The fraction of sp³-hybridized carbons (Fsp3) is 0.500. The molecule has 0 radical (unpaired) electrons. The molecule has 0 saturated heterocycles. The minimum absolute atomic E-state index is 0.0244. The number of aromatic nitrogens is 3. The van der Waals surface area contributed by atoms with Gasteiger partial charge in [-0.05, 0) is 20.8 Å². The molecule has 5 nitrogen and oxygen atoms in total. The Morgan fingerprint density at radius 2 is 2.24 bits per heavy atom. The lowest BCUT2D eigenvalue weighted by atomic mass is 10.2. The topological polar surface area (TPSA) is 51.0 Å². The number of aryl methyl sites for hydroxylation is 3. The molecule has 0 unspecified atom stereocenters. The molecule has 0 aliphatic heterocycles. The van der Waals surface area contributed by atoms with Crippen LogP contribution in [-0.2, 0) is 11.3 Å². The Hall–Kier alpha value is -1.40. The summed E-state index contributed by atoms with van der Waals surface area (Å²) in [6, 6.07) is -0.0244. The maximum absolute atomic E-state index is 12.3. The summed E-state index contributed by atoms with van der Waals surface area (Å²) in [6.45, 7) is 6.56. The molecule has 0 bridgehead atoms. The molecule has 1 amide bonds. The monoisotopic (exact) mass is 326 g/mol. The number of halogens is 1. The van der Waals surface area contributed by atoms with E-state index in [1.165, 1.54) is 4.88 Å². The summed E-state index contributed by atoms with van der Waals surface area (Å²) in [5.41, 5.74) is 0.982. The molecule has 2 aromatic rings. The molecule has 0 aliphatic rings. The molecule has 21 heavy (non-hydrogen) atoms. The van der Waals surface area contributed by atoms with Gasteiger partial charge >= 0.3 is 0 Å². The Kier molecular flexibility index (Phi) is 5.00. The molecular weight excluding hydrogens is 308 g/mol.